The maximum Gasteiger partial charge on any atom is 0.146 e. The first kappa shape index (κ1) is 11.9. The number of carbonyl (C=O) groups excluding carboxylic acids is 1. The number of likely N-dealkylation sites (N-methyl/N-ethyl adjacent to an activating group) is 1. The van der Waals surface area contributed by atoms with Gasteiger partial charge in [0, 0.05) is 31.3 Å². The summed E-state index contributed by atoms with van der Waals surface area (Å²) in [7, 11) is 1.97. The first-order valence-corrected chi connectivity index (χ1v) is 5.32. The van der Waals surface area contributed by atoms with Crippen LogP contribution < -0.4 is 0 Å². The molecule has 0 aliphatic carbocycles. The molecule has 0 saturated heterocycles. The molecule has 1 heterocycles. The molecule has 0 unspecified atom stereocenters. The predicted molar refractivity (Wildman–Crippen MR) is 60.7 cm³/mol. The zero-order valence-corrected chi connectivity index (χ0v) is 9.44. The highest BCUT2D eigenvalue weighted by Gasteiger charge is 2.04. The molecule has 3 heteroatoms. The van der Waals surface area contributed by atoms with Crippen LogP contribution in [-0.2, 0) is 11.2 Å². The molecule has 0 saturated carbocycles. The van der Waals surface area contributed by atoms with E-state index in [4.69, 9.17) is 0 Å². The normalized spacial score (nSPS) is 10.6. The number of Topliss-reactive ketones (excluding diaryl/α,β-unsaturated/α-hetero) is 1. The average Bonchev–Trinajstić information content (AvgIpc) is 2.27. The number of rotatable bonds is 6. The zero-order valence-electron chi connectivity index (χ0n) is 9.44. The Balaban J connectivity index is 2.28. The van der Waals surface area contributed by atoms with Crippen molar-refractivity contribution < 1.29 is 4.79 Å². The maximum atomic E-state index is 11.2. The van der Waals surface area contributed by atoms with Crippen molar-refractivity contribution in [1.29, 1.82) is 0 Å². The van der Waals surface area contributed by atoms with Crippen molar-refractivity contribution in [2.45, 2.75) is 19.8 Å². The first-order valence-electron chi connectivity index (χ1n) is 5.32. The van der Waals surface area contributed by atoms with Crippen molar-refractivity contribution in [1.82, 2.24) is 9.88 Å². The van der Waals surface area contributed by atoms with Crippen LogP contribution in [0.15, 0.2) is 24.4 Å². The fraction of sp³-hybridized carbons (Fsp3) is 0.500. The molecule has 0 amide bonds. The standard InChI is InChI=1S/C12H18N2O/c1-3-12(15)10-14(2)9-7-11-6-4-5-8-13-11/h4-6,8H,3,7,9-10H2,1-2H3. The average molecular weight is 206 g/mol. The van der Waals surface area contributed by atoms with Crippen LogP contribution in [0.2, 0.25) is 0 Å². The summed E-state index contributed by atoms with van der Waals surface area (Å²) in [6.07, 6.45) is 3.31. The molecule has 0 radical (unpaired) electrons. The van der Waals surface area contributed by atoms with Crippen molar-refractivity contribution in [2.75, 3.05) is 20.1 Å². The molecule has 0 aliphatic heterocycles. The molecule has 0 bridgehead atoms. The molecule has 1 rings (SSSR count). The highest BCUT2D eigenvalue weighted by Crippen LogP contribution is 1.96. The summed E-state index contributed by atoms with van der Waals surface area (Å²) in [4.78, 5) is 17.5. The quantitative estimate of drug-likeness (QED) is 0.707. The van der Waals surface area contributed by atoms with E-state index in [9.17, 15) is 4.79 Å². The lowest BCUT2D eigenvalue weighted by atomic mass is 10.2. The Hall–Kier alpha value is -1.22. The Morgan fingerprint density at radius 2 is 2.27 bits per heavy atom. The van der Waals surface area contributed by atoms with Crippen LogP contribution in [0.5, 0.6) is 0 Å². The molecule has 0 atom stereocenters. The molecule has 82 valence electrons. The van der Waals surface area contributed by atoms with Gasteiger partial charge in [0.15, 0.2) is 0 Å². The van der Waals surface area contributed by atoms with Crippen LogP contribution >= 0.6 is 0 Å². The molecule has 1 aromatic heterocycles. The van der Waals surface area contributed by atoms with Gasteiger partial charge in [-0.3, -0.25) is 14.7 Å². The van der Waals surface area contributed by atoms with E-state index in [-0.39, 0.29) is 0 Å². The summed E-state index contributed by atoms with van der Waals surface area (Å²) < 4.78 is 0. The number of hydrogen-bond acceptors (Lipinski definition) is 3. The summed E-state index contributed by atoms with van der Waals surface area (Å²) in [6.45, 7) is 3.32. The van der Waals surface area contributed by atoms with Gasteiger partial charge in [0.1, 0.15) is 5.78 Å². The molecular weight excluding hydrogens is 188 g/mol. The van der Waals surface area contributed by atoms with Gasteiger partial charge in [0.2, 0.25) is 0 Å². The van der Waals surface area contributed by atoms with Crippen molar-refractivity contribution in [3.63, 3.8) is 0 Å². The van der Waals surface area contributed by atoms with E-state index in [1.54, 1.807) is 6.20 Å². The van der Waals surface area contributed by atoms with Crippen LogP contribution in [0, 0.1) is 0 Å². The first-order chi connectivity index (χ1) is 7.22. The Labute approximate surface area is 91.1 Å². The van der Waals surface area contributed by atoms with E-state index in [1.165, 1.54) is 0 Å². The highest BCUT2D eigenvalue weighted by molar-refractivity contribution is 5.80. The maximum absolute atomic E-state index is 11.2. The fourth-order valence-electron chi connectivity index (χ4n) is 1.34. The van der Waals surface area contributed by atoms with E-state index in [0.29, 0.717) is 18.7 Å². The Morgan fingerprint density at radius 1 is 1.47 bits per heavy atom. The van der Waals surface area contributed by atoms with Gasteiger partial charge in [-0.1, -0.05) is 13.0 Å². The van der Waals surface area contributed by atoms with Gasteiger partial charge in [0.25, 0.3) is 0 Å². The summed E-state index contributed by atoms with van der Waals surface area (Å²) in [5, 5.41) is 0. The fourth-order valence-corrected chi connectivity index (χ4v) is 1.34. The lowest BCUT2D eigenvalue weighted by Gasteiger charge is -2.14. The summed E-state index contributed by atoms with van der Waals surface area (Å²) in [5.41, 5.74) is 1.08. The van der Waals surface area contributed by atoms with Crippen LogP contribution in [0.25, 0.3) is 0 Å². The van der Waals surface area contributed by atoms with Crippen molar-refractivity contribution in [3.05, 3.63) is 30.1 Å². The van der Waals surface area contributed by atoms with Gasteiger partial charge in [-0.25, -0.2) is 0 Å². The number of carbonyl (C=O) groups is 1. The van der Waals surface area contributed by atoms with Crippen LogP contribution in [0.4, 0.5) is 0 Å². The Kier molecular flexibility index (Phi) is 4.98. The molecule has 15 heavy (non-hydrogen) atoms. The van der Waals surface area contributed by atoms with Crippen LogP contribution in [0.3, 0.4) is 0 Å². The van der Waals surface area contributed by atoms with E-state index >= 15 is 0 Å². The third kappa shape index (κ3) is 4.70. The van der Waals surface area contributed by atoms with Crippen LogP contribution in [0.1, 0.15) is 19.0 Å². The van der Waals surface area contributed by atoms with Crippen molar-refractivity contribution in [2.24, 2.45) is 0 Å². The minimum Gasteiger partial charge on any atom is -0.299 e. The Morgan fingerprint density at radius 3 is 2.87 bits per heavy atom. The third-order valence-corrected chi connectivity index (χ3v) is 2.32. The second-order valence-corrected chi connectivity index (χ2v) is 3.70. The smallest absolute Gasteiger partial charge is 0.146 e. The number of ketones is 1. The minimum absolute atomic E-state index is 0.290. The predicted octanol–water partition coefficient (Wildman–Crippen LogP) is 1.54. The van der Waals surface area contributed by atoms with E-state index in [1.807, 2.05) is 37.1 Å². The number of pyridine rings is 1. The second kappa shape index (κ2) is 6.30. The summed E-state index contributed by atoms with van der Waals surface area (Å²) in [6, 6.07) is 5.91. The van der Waals surface area contributed by atoms with E-state index in [2.05, 4.69) is 4.98 Å². The Bertz CT molecular complexity index is 298. The summed E-state index contributed by atoms with van der Waals surface area (Å²) in [5.74, 6) is 0.290. The highest BCUT2D eigenvalue weighted by atomic mass is 16.1. The molecule has 0 spiro atoms. The van der Waals surface area contributed by atoms with Gasteiger partial charge in [-0.2, -0.15) is 0 Å². The number of hydrogen-bond donors (Lipinski definition) is 0. The lowest BCUT2D eigenvalue weighted by molar-refractivity contribution is -0.119. The topological polar surface area (TPSA) is 33.2 Å². The molecule has 1 aromatic rings. The van der Waals surface area contributed by atoms with Gasteiger partial charge in [-0.15, -0.1) is 0 Å². The zero-order chi connectivity index (χ0) is 11.1. The van der Waals surface area contributed by atoms with Gasteiger partial charge in [-0.05, 0) is 19.2 Å². The van der Waals surface area contributed by atoms with Crippen LogP contribution in [-0.4, -0.2) is 35.8 Å². The minimum atomic E-state index is 0.290. The molecule has 0 aromatic carbocycles. The van der Waals surface area contributed by atoms with Gasteiger partial charge < -0.3 is 0 Å². The number of nitrogens with zero attached hydrogens (tertiary/aromatic N) is 2. The third-order valence-electron chi connectivity index (χ3n) is 2.32. The SMILES string of the molecule is CCC(=O)CN(C)CCc1ccccn1. The lowest BCUT2D eigenvalue weighted by Crippen LogP contribution is -2.27. The molecule has 0 fully saturated rings. The molecule has 3 nitrogen and oxygen atoms in total. The van der Waals surface area contributed by atoms with E-state index < -0.39 is 0 Å². The molecule has 0 aliphatic rings. The van der Waals surface area contributed by atoms with Gasteiger partial charge >= 0.3 is 0 Å². The largest absolute Gasteiger partial charge is 0.299 e. The summed E-state index contributed by atoms with van der Waals surface area (Å²) >= 11 is 0. The molecule has 0 N–H and O–H groups in total. The second-order valence-electron chi connectivity index (χ2n) is 3.70. The monoisotopic (exact) mass is 206 g/mol. The number of aromatic nitrogens is 1. The van der Waals surface area contributed by atoms with Crippen molar-refractivity contribution in [3.8, 4) is 0 Å². The molecular formula is C12H18N2O. The van der Waals surface area contributed by atoms with E-state index in [0.717, 1.165) is 18.7 Å². The van der Waals surface area contributed by atoms with Crippen molar-refractivity contribution >= 4 is 5.78 Å². The van der Waals surface area contributed by atoms with Gasteiger partial charge in [0.05, 0.1) is 6.54 Å².